The zero-order valence-electron chi connectivity index (χ0n) is 11.3. The molecule has 0 saturated carbocycles. The van der Waals surface area contributed by atoms with Crippen LogP contribution in [0.5, 0.6) is 0 Å². The highest BCUT2D eigenvalue weighted by atomic mass is 32.2. The molecule has 2 heterocycles. The fourth-order valence-electron chi connectivity index (χ4n) is 2.13. The molecule has 1 aromatic carbocycles. The molecule has 0 spiro atoms. The molecular formula is C13H15N5O2S. The fraction of sp³-hybridized carbons (Fsp3) is 0.154. The Hall–Kier alpha value is -2.48. The van der Waals surface area contributed by atoms with Crippen molar-refractivity contribution in [2.45, 2.75) is 18.2 Å². The predicted molar refractivity (Wildman–Crippen MR) is 81.5 cm³/mol. The Bertz CT molecular complexity index is 894. The van der Waals surface area contributed by atoms with E-state index >= 15 is 0 Å². The first-order chi connectivity index (χ1) is 9.99. The summed E-state index contributed by atoms with van der Waals surface area (Å²) in [5.74, 6) is 0.275. The van der Waals surface area contributed by atoms with Crippen LogP contribution in [-0.4, -0.2) is 23.6 Å². The average molecular weight is 305 g/mol. The molecule has 0 atom stereocenters. The lowest BCUT2D eigenvalue weighted by Crippen LogP contribution is -2.12. The zero-order chi connectivity index (χ0) is 15.0. The van der Waals surface area contributed by atoms with Crippen molar-refractivity contribution in [2.75, 3.05) is 10.5 Å². The third-order valence-electron chi connectivity index (χ3n) is 3.21. The van der Waals surface area contributed by atoms with Crippen LogP contribution in [0.3, 0.4) is 0 Å². The van der Waals surface area contributed by atoms with Gasteiger partial charge in [0.1, 0.15) is 4.90 Å². The molecule has 0 bridgehead atoms. The van der Waals surface area contributed by atoms with Crippen molar-refractivity contribution in [3.8, 4) is 0 Å². The van der Waals surface area contributed by atoms with E-state index in [0.29, 0.717) is 16.6 Å². The molecule has 0 fully saturated rings. The number of aromatic amines is 2. The number of nitrogens with zero attached hydrogens (tertiary/aromatic N) is 1. The van der Waals surface area contributed by atoms with Crippen molar-refractivity contribution in [3.05, 3.63) is 36.2 Å². The molecule has 0 aliphatic carbocycles. The van der Waals surface area contributed by atoms with E-state index in [-0.39, 0.29) is 10.7 Å². The molecular weight excluding hydrogens is 290 g/mol. The summed E-state index contributed by atoms with van der Waals surface area (Å²) in [5, 5.41) is 7.28. The van der Waals surface area contributed by atoms with E-state index < -0.39 is 10.0 Å². The van der Waals surface area contributed by atoms with Crippen molar-refractivity contribution in [1.82, 2.24) is 15.2 Å². The second-order valence-electron chi connectivity index (χ2n) is 4.70. The first-order valence-corrected chi connectivity index (χ1v) is 7.91. The van der Waals surface area contributed by atoms with Crippen molar-refractivity contribution in [3.63, 3.8) is 0 Å². The van der Waals surface area contributed by atoms with Gasteiger partial charge in [-0.15, -0.1) is 0 Å². The van der Waals surface area contributed by atoms with E-state index in [0.717, 1.165) is 12.1 Å². The van der Waals surface area contributed by atoms with Crippen LogP contribution in [0.1, 0.15) is 12.6 Å². The van der Waals surface area contributed by atoms with Crippen LogP contribution in [0.15, 0.2) is 35.4 Å². The van der Waals surface area contributed by atoms with Crippen LogP contribution in [0, 0.1) is 0 Å². The van der Waals surface area contributed by atoms with Crippen molar-refractivity contribution in [2.24, 2.45) is 0 Å². The number of nitrogens with two attached hydrogens (primary N) is 1. The number of benzene rings is 1. The van der Waals surface area contributed by atoms with Crippen LogP contribution in [0.2, 0.25) is 0 Å². The highest BCUT2D eigenvalue weighted by Gasteiger charge is 2.20. The third-order valence-corrected chi connectivity index (χ3v) is 4.60. The lowest BCUT2D eigenvalue weighted by Gasteiger charge is -2.03. The molecule has 3 rings (SSSR count). The summed E-state index contributed by atoms with van der Waals surface area (Å²) in [6.07, 6.45) is 2.20. The number of aromatic nitrogens is 3. The van der Waals surface area contributed by atoms with Gasteiger partial charge < -0.3 is 10.7 Å². The maximum Gasteiger partial charge on any atom is 0.265 e. The monoisotopic (exact) mass is 305 g/mol. The number of anilines is 2. The van der Waals surface area contributed by atoms with Gasteiger partial charge in [0.05, 0.1) is 0 Å². The van der Waals surface area contributed by atoms with E-state index in [1.165, 1.54) is 6.20 Å². The lowest BCUT2D eigenvalue weighted by molar-refractivity contribution is 0.602. The summed E-state index contributed by atoms with van der Waals surface area (Å²) in [5.41, 5.74) is 7.79. The Balaban J connectivity index is 2.00. The second-order valence-corrected chi connectivity index (χ2v) is 6.35. The van der Waals surface area contributed by atoms with Gasteiger partial charge in [0.15, 0.2) is 5.82 Å². The predicted octanol–water partition coefficient (Wildman–Crippen LogP) is 1.84. The van der Waals surface area contributed by atoms with E-state index in [2.05, 4.69) is 19.9 Å². The van der Waals surface area contributed by atoms with Gasteiger partial charge in [-0.3, -0.25) is 9.82 Å². The van der Waals surface area contributed by atoms with E-state index in [9.17, 15) is 8.42 Å². The summed E-state index contributed by atoms with van der Waals surface area (Å²) in [4.78, 5) is 3.08. The number of nitrogens with one attached hydrogen (secondary N) is 3. The Kier molecular flexibility index (Phi) is 3.09. The van der Waals surface area contributed by atoms with Crippen molar-refractivity contribution in [1.29, 1.82) is 0 Å². The summed E-state index contributed by atoms with van der Waals surface area (Å²) in [7, 11) is -3.71. The maximum absolute atomic E-state index is 12.4. The number of rotatable bonds is 4. The molecule has 21 heavy (non-hydrogen) atoms. The number of hydrogen-bond donors (Lipinski definition) is 4. The fourth-order valence-corrected chi connectivity index (χ4v) is 3.30. The molecule has 5 N–H and O–H groups in total. The Morgan fingerprint density at radius 1 is 1.33 bits per heavy atom. The number of sulfonamides is 1. The normalized spacial score (nSPS) is 11.9. The van der Waals surface area contributed by atoms with Gasteiger partial charge in [-0.05, 0) is 24.6 Å². The minimum absolute atomic E-state index is 0.165. The van der Waals surface area contributed by atoms with E-state index in [1.54, 1.807) is 24.3 Å². The molecule has 0 saturated heterocycles. The molecule has 0 aliphatic rings. The van der Waals surface area contributed by atoms with E-state index in [4.69, 9.17) is 5.73 Å². The molecule has 2 aromatic heterocycles. The standard InChI is InChI=1S/C13H15N5O2S/c1-2-9-6-13(17-16-9)18-21(19,20)12-7-15-11-5-8(14)3-4-10(11)12/h3-7,15H,2,14H2,1H3,(H2,16,17,18). The topological polar surface area (TPSA) is 117 Å². The SMILES string of the molecule is CCc1cc(NS(=O)(=O)c2c[nH]c3cc(N)ccc23)n[nH]1. The molecule has 3 aromatic rings. The molecule has 8 heteroatoms. The quantitative estimate of drug-likeness (QED) is 0.550. The number of H-pyrrole nitrogens is 2. The molecule has 110 valence electrons. The number of hydrogen-bond acceptors (Lipinski definition) is 4. The maximum atomic E-state index is 12.4. The molecule has 7 nitrogen and oxygen atoms in total. The summed E-state index contributed by atoms with van der Waals surface area (Å²) < 4.78 is 27.3. The number of nitrogen functional groups attached to an aromatic ring is 1. The summed E-state index contributed by atoms with van der Waals surface area (Å²) in [6.45, 7) is 1.95. The van der Waals surface area contributed by atoms with E-state index in [1.807, 2.05) is 6.92 Å². The lowest BCUT2D eigenvalue weighted by atomic mass is 10.2. The summed E-state index contributed by atoms with van der Waals surface area (Å²) in [6, 6.07) is 6.71. The zero-order valence-corrected chi connectivity index (χ0v) is 12.2. The average Bonchev–Trinajstić information content (AvgIpc) is 3.04. The van der Waals surface area contributed by atoms with Gasteiger partial charge in [-0.2, -0.15) is 5.10 Å². The van der Waals surface area contributed by atoms with Gasteiger partial charge in [0.25, 0.3) is 10.0 Å². The molecule has 0 aliphatic heterocycles. The van der Waals surface area contributed by atoms with Crippen LogP contribution >= 0.6 is 0 Å². The Morgan fingerprint density at radius 3 is 2.86 bits per heavy atom. The minimum Gasteiger partial charge on any atom is -0.399 e. The van der Waals surface area contributed by atoms with Crippen LogP contribution in [0.25, 0.3) is 10.9 Å². The number of aryl methyl sites for hydroxylation is 1. The largest absolute Gasteiger partial charge is 0.399 e. The van der Waals surface area contributed by atoms with Crippen LogP contribution in [0.4, 0.5) is 11.5 Å². The van der Waals surface area contributed by atoms with Crippen molar-refractivity contribution >= 4 is 32.4 Å². The highest BCUT2D eigenvalue weighted by Crippen LogP contribution is 2.25. The summed E-state index contributed by atoms with van der Waals surface area (Å²) >= 11 is 0. The Morgan fingerprint density at radius 2 is 2.14 bits per heavy atom. The Labute approximate surface area is 121 Å². The first kappa shape index (κ1) is 13.5. The second kappa shape index (κ2) is 4.81. The van der Waals surface area contributed by atoms with Crippen molar-refractivity contribution < 1.29 is 8.42 Å². The molecule has 0 unspecified atom stereocenters. The van der Waals surface area contributed by atoms with Gasteiger partial charge in [-0.1, -0.05) is 6.92 Å². The van der Waals surface area contributed by atoms with Gasteiger partial charge >= 0.3 is 0 Å². The van der Waals surface area contributed by atoms with Crippen LogP contribution < -0.4 is 10.5 Å². The first-order valence-electron chi connectivity index (χ1n) is 6.43. The van der Waals surface area contributed by atoms with Gasteiger partial charge in [0.2, 0.25) is 0 Å². The third kappa shape index (κ3) is 2.45. The molecule has 0 amide bonds. The molecule has 0 radical (unpaired) electrons. The number of fused-ring (bicyclic) bond motifs is 1. The highest BCUT2D eigenvalue weighted by molar-refractivity contribution is 7.93. The minimum atomic E-state index is -3.71. The van der Waals surface area contributed by atoms with Gasteiger partial charge in [-0.25, -0.2) is 8.42 Å². The van der Waals surface area contributed by atoms with Gasteiger partial charge in [0, 0.05) is 34.5 Å². The smallest absolute Gasteiger partial charge is 0.265 e. The van der Waals surface area contributed by atoms with Crippen LogP contribution in [-0.2, 0) is 16.4 Å².